The van der Waals surface area contributed by atoms with Crippen molar-refractivity contribution < 1.29 is 14.0 Å². The number of hydrogen-bond donors (Lipinski definition) is 0. The lowest BCUT2D eigenvalue weighted by atomic mass is 9.86. The van der Waals surface area contributed by atoms with Gasteiger partial charge in [0.2, 0.25) is 5.91 Å². The Hall–Kier alpha value is -3.47. The first-order valence-corrected chi connectivity index (χ1v) is 13.0. The first-order chi connectivity index (χ1) is 17.6. The van der Waals surface area contributed by atoms with Crippen molar-refractivity contribution in [1.29, 1.82) is 0 Å². The minimum absolute atomic E-state index is 0.0632. The van der Waals surface area contributed by atoms with Gasteiger partial charge < -0.3 is 9.80 Å². The summed E-state index contributed by atoms with van der Waals surface area (Å²) >= 11 is 0. The molecule has 2 atom stereocenters. The molecule has 0 spiro atoms. The fourth-order valence-electron chi connectivity index (χ4n) is 5.77. The van der Waals surface area contributed by atoms with Crippen LogP contribution in [0.1, 0.15) is 53.2 Å². The fourth-order valence-corrected chi connectivity index (χ4v) is 5.77. The molecule has 2 amide bonds. The van der Waals surface area contributed by atoms with Crippen molar-refractivity contribution in [3.05, 3.63) is 107 Å². The van der Waals surface area contributed by atoms with Crippen LogP contribution in [0, 0.1) is 17.7 Å². The van der Waals surface area contributed by atoms with E-state index in [1.54, 1.807) is 17.0 Å². The number of hydrogen-bond acceptors (Lipinski definition) is 2. The third kappa shape index (κ3) is 5.35. The molecule has 2 aliphatic rings. The first kappa shape index (κ1) is 24.2. The minimum Gasteiger partial charge on any atom is -0.342 e. The second-order valence-corrected chi connectivity index (χ2v) is 10.1. The Kier molecular flexibility index (Phi) is 7.45. The van der Waals surface area contributed by atoms with E-state index < -0.39 is 5.82 Å². The number of piperidine rings is 2. The van der Waals surface area contributed by atoms with Crippen LogP contribution in [0.25, 0.3) is 0 Å². The maximum atomic E-state index is 14.5. The van der Waals surface area contributed by atoms with E-state index in [1.807, 2.05) is 41.3 Å². The quantitative estimate of drug-likeness (QED) is 0.452. The molecule has 2 saturated heterocycles. The van der Waals surface area contributed by atoms with Crippen LogP contribution >= 0.6 is 0 Å². The summed E-state index contributed by atoms with van der Waals surface area (Å²) in [6, 6.07) is 26.4. The van der Waals surface area contributed by atoms with Crippen LogP contribution in [0.3, 0.4) is 0 Å². The van der Waals surface area contributed by atoms with Gasteiger partial charge in [-0.2, -0.15) is 0 Å². The number of halogens is 1. The Bertz CT molecular complexity index is 1180. The molecule has 2 heterocycles. The normalized spacial score (nSPS) is 20.8. The second-order valence-electron chi connectivity index (χ2n) is 10.1. The maximum absolute atomic E-state index is 14.5. The Morgan fingerprint density at radius 3 is 2.11 bits per heavy atom. The van der Waals surface area contributed by atoms with Gasteiger partial charge in [-0.05, 0) is 61.3 Å². The summed E-state index contributed by atoms with van der Waals surface area (Å²) in [7, 11) is 0. The second kappa shape index (κ2) is 11.1. The van der Waals surface area contributed by atoms with Gasteiger partial charge >= 0.3 is 0 Å². The highest BCUT2D eigenvalue weighted by Crippen LogP contribution is 2.36. The smallest absolute Gasteiger partial charge is 0.257 e. The van der Waals surface area contributed by atoms with E-state index in [2.05, 4.69) is 24.3 Å². The van der Waals surface area contributed by atoms with Crippen LogP contribution in [0.4, 0.5) is 4.39 Å². The average Bonchev–Trinajstić information content (AvgIpc) is 2.94. The number of benzene rings is 3. The molecule has 0 radical (unpaired) electrons. The van der Waals surface area contributed by atoms with Crippen molar-refractivity contribution in [3.63, 3.8) is 0 Å². The molecule has 0 bridgehead atoms. The van der Waals surface area contributed by atoms with Crippen molar-refractivity contribution in [2.75, 3.05) is 19.6 Å². The molecule has 0 saturated carbocycles. The first-order valence-electron chi connectivity index (χ1n) is 13.0. The van der Waals surface area contributed by atoms with Gasteiger partial charge in [0.1, 0.15) is 5.82 Å². The number of carbonyl (C=O) groups is 2. The lowest BCUT2D eigenvalue weighted by Crippen LogP contribution is -2.49. The topological polar surface area (TPSA) is 40.6 Å². The molecule has 2 fully saturated rings. The SMILES string of the molecule is O=C(C1CCC(c2ccccc2)N(C(=O)c2ccccc2F)C1)N1CCC(Cc2ccccc2)CC1. The predicted molar refractivity (Wildman–Crippen MR) is 139 cm³/mol. The summed E-state index contributed by atoms with van der Waals surface area (Å²) in [5, 5.41) is 0. The molecule has 0 aliphatic carbocycles. The fraction of sp³-hybridized carbons (Fsp3) is 0.355. The average molecular weight is 485 g/mol. The molecule has 0 N–H and O–H groups in total. The van der Waals surface area contributed by atoms with Crippen LogP contribution < -0.4 is 0 Å². The molecule has 5 rings (SSSR count). The molecule has 3 aromatic carbocycles. The van der Waals surface area contributed by atoms with Crippen LogP contribution in [0.15, 0.2) is 84.9 Å². The third-order valence-corrected chi connectivity index (χ3v) is 7.77. The molecule has 5 heteroatoms. The van der Waals surface area contributed by atoms with E-state index in [0.29, 0.717) is 18.9 Å². The minimum atomic E-state index is -0.525. The largest absolute Gasteiger partial charge is 0.342 e. The van der Waals surface area contributed by atoms with Crippen LogP contribution in [-0.4, -0.2) is 41.2 Å². The van der Waals surface area contributed by atoms with Gasteiger partial charge in [-0.3, -0.25) is 9.59 Å². The van der Waals surface area contributed by atoms with E-state index in [4.69, 9.17) is 0 Å². The van der Waals surface area contributed by atoms with Crippen molar-refractivity contribution in [3.8, 4) is 0 Å². The molecular formula is C31H33FN2O2. The zero-order valence-corrected chi connectivity index (χ0v) is 20.6. The van der Waals surface area contributed by atoms with E-state index >= 15 is 0 Å². The zero-order chi connectivity index (χ0) is 24.9. The highest BCUT2D eigenvalue weighted by Gasteiger charge is 2.38. The van der Waals surface area contributed by atoms with E-state index in [9.17, 15) is 14.0 Å². The van der Waals surface area contributed by atoms with Gasteiger partial charge in [0.15, 0.2) is 0 Å². The highest BCUT2D eigenvalue weighted by atomic mass is 19.1. The number of nitrogens with zero attached hydrogens (tertiary/aromatic N) is 2. The summed E-state index contributed by atoms with van der Waals surface area (Å²) in [5.74, 6) is -0.411. The third-order valence-electron chi connectivity index (χ3n) is 7.77. The summed E-state index contributed by atoms with van der Waals surface area (Å²) in [4.78, 5) is 30.8. The monoisotopic (exact) mass is 484 g/mol. The van der Waals surface area contributed by atoms with E-state index in [0.717, 1.165) is 44.3 Å². The van der Waals surface area contributed by atoms with Gasteiger partial charge in [-0.15, -0.1) is 0 Å². The lowest BCUT2D eigenvalue weighted by Gasteiger charge is -2.42. The molecular weight excluding hydrogens is 451 g/mol. The van der Waals surface area contributed by atoms with Crippen molar-refractivity contribution in [2.24, 2.45) is 11.8 Å². The molecule has 3 aromatic rings. The number of likely N-dealkylation sites (tertiary alicyclic amines) is 2. The van der Waals surface area contributed by atoms with E-state index in [-0.39, 0.29) is 29.3 Å². The van der Waals surface area contributed by atoms with Crippen molar-refractivity contribution >= 4 is 11.8 Å². The number of carbonyl (C=O) groups excluding carboxylic acids is 2. The van der Waals surface area contributed by atoms with E-state index in [1.165, 1.54) is 17.7 Å². The van der Waals surface area contributed by atoms with Crippen LogP contribution in [0.5, 0.6) is 0 Å². The molecule has 0 aromatic heterocycles. The maximum Gasteiger partial charge on any atom is 0.257 e. The molecule has 2 aliphatic heterocycles. The standard InChI is InChI=1S/C31H33FN2O2/c32-28-14-8-7-13-27(28)31(36)34-22-26(15-16-29(34)25-11-5-2-6-12-25)30(35)33-19-17-24(18-20-33)21-23-9-3-1-4-10-23/h1-14,24,26,29H,15-22H2. The molecule has 36 heavy (non-hydrogen) atoms. The van der Waals surface area contributed by atoms with Gasteiger partial charge in [0, 0.05) is 19.6 Å². The van der Waals surface area contributed by atoms with Gasteiger partial charge in [-0.1, -0.05) is 72.8 Å². The zero-order valence-electron chi connectivity index (χ0n) is 20.6. The Morgan fingerprint density at radius 2 is 1.42 bits per heavy atom. The lowest BCUT2D eigenvalue weighted by molar-refractivity contribution is -0.138. The highest BCUT2D eigenvalue weighted by molar-refractivity contribution is 5.95. The van der Waals surface area contributed by atoms with Crippen molar-refractivity contribution in [2.45, 2.75) is 38.1 Å². The Labute approximate surface area is 212 Å². The summed E-state index contributed by atoms with van der Waals surface area (Å²) in [5.41, 5.74) is 2.44. The molecule has 186 valence electrons. The van der Waals surface area contributed by atoms with Crippen LogP contribution in [0.2, 0.25) is 0 Å². The predicted octanol–water partition coefficient (Wildman–Crippen LogP) is 5.90. The number of amides is 2. The van der Waals surface area contributed by atoms with Gasteiger partial charge in [0.25, 0.3) is 5.91 Å². The van der Waals surface area contributed by atoms with Crippen molar-refractivity contribution in [1.82, 2.24) is 9.80 Å². The van der Waals surface area contributed by atoms with Gasteiger partial charge in [0.05, 0.1) is 17.5 Å². The Morgan fingerprint density at radius 1 is 0.778 bits per heavy atom. The molecule has 2 unspecified atom stereocenters. The number of rotatable bonds is 5. The van der Waals surface area contributed by atoms with Gasteiger partial charge in [-0.25, -0.2) is 4.39 Å². The summed E-state index contributed by atoms with van der Waals surface area (Å²) in [6.07, 6.45) is 4.46. The summed E-state index contributed by atoms with van der Waals surface area (Å²) < 4.78 is 14.5. The van der Waals surface area contributed by atoms with Crippen LogP contribution in [-0.2, 0) is 11.2 Å². The Balaban J connectivity index is 1.28. The summed E-state index contributed by atoms with van der Waals surface area (Å²) in [6.45, 7) is 1.84. The molecule has 4 nitrogen and oxygen atoms in total.